The summed E-state index contributed by atoms with van der Waals surface area (Å²) in [7, 11) is 1.56. The fourth-order valence-electron chi connectivity index (χ4n) is 1.95. The van der Waals surface area contributed by atoms with Gasteiger partial charge in [0.2, 0.25) is 0 Å². The van der Waals surface area contributed by atoms with Crippen LogP contribution >= 0.6 is 0 Å². The Morgan fingerprint density at radius 1 is 1.00 bits per heavy atom. The molecule has 0 aliphatic rings. The fraction of sp³-hybridized carbons (Fsp3) is 0.200. The molecule has 0 saturated heterocycles. The van der Waals surface area contributed by atoms with Crippen LogP contribution in [-0.2, 0) is 0 Å². The molecule has 1 unspecified atom stereocenters. The molecule has 0 radical (unpaired) electrons. The second kappa shape index (κ2) is 5.69. The predicted octanol–water partition coefficient (Wildman–Crippen LogP) is 4.15. The highest BCUT2D eigenvalue weighted by atomic mass is 19.1. The summed E-state index contributed by atoms with van der Waals surface area (Å²) in [4.78, 5) is 0. The summed E-state index contributed by atoms with van der Waals surface area (Å²) in [5.41, 5.74) is 0.716. The normalized spacial score (nSPS) is 12.0. The van der Waals surface area contributed by atoms with Crippen LogP contribution < -0.4 is 10.1 Å². The molecule has 4 heteroatoms. The number of hydrogen-bond donors (Lipinski definition) is 1. The van der Waals surface area contributed by atoms with E-state index in [4.69, 9.17) is 4.74 Å². The molecule has 0 heterocycles. The van der Waals surface area contributed by atoms with Gasteiger partial charge in [0.1, 0.15) is 23.1 Å². The number of methoxy groups -OCH3 is 1. The largest absolute Gasteiger partial charge is 0.496 e. The van der Waals surface area contributed by atoms with Gasteiger partial charge in [-0.1, -0.05) is 24.3 Å². The molecule has 0 fully saturated rings. The lowest BCUT2D eigenvalue weighted by Crippen LogP contribution is -2.10. The highest BCUT2D eigenvalue weighted by molar-refractivity contribution is 5.49. The minimum atomic E-state index is -0.609. The van der Waals surface area contributed by atoms with Gasteiger partial charge in [-0.2, -0.15) is 0 Å². The zero-order chi connectivity index (χ0) is 13.8. The summed E-state index contributed by atoms with van der Waals surface area (Å²) in [5, 5.41) is 2.84. The van der Waals surface area contributed by atoms with E-state index in [2.05, 4.69) is 5.32 Å². The highest BCUT2D eigenvalue weighted by Crippen LogP contribution is 2.29. The Hall–Kier alpha value is -2.10. The molecule has 0 aliphatic carbocycles. The first-order valence-corrected chi connectivity index (χ1v) is 5.97. The maximum absolute atomic E-state index is 13.6. The molecule has 2 nitrogen and oxygen atoms in total. The van der Waals surface area contributed by atoms with Gasteiger partial charge in [-0.15, -0.1) is 0 Å². The van der Waals surface area contributed by atoms with Gasteiger partial charge in [0.25, 0.3) is 0 Å². The molecule has 2 rings (SSSR count). The Morgan fingerprint density at radius 3 is 2.26 bits per heavy atom. The van der Waals surface area contributed by atoms with Crippen molar-refractivity contribution in [1.29, 1.82) is 0 Å². The minimum Gasteiger partial charge on any atom is -0.496 e. The van der Waals surface area contributed by atoms with Crippen LogP contribution in [0.3, 0.4) is 0 Å². The van der Waals surface area contributed by atoms with Crippen molar-refractivity contribution in [2.24, 2.45) is 0 Å². The van der Waals surface area contributed by atoms with Gasteiger partial charge in [0, 0.05) is 5.56 Å². The average molecular weight is 263 g/mol. The smallest absolute Gasteiger partial charge is 0.149 e. The molecular formula is C15H15F2NO. The summed E-state index contributed by atoms with van der Waals surface area (Å²) in [6.45, 7) is 1.82. The zero-order valence-corrected chi connectivity index (χ0v) is 10.8. The third-order valence-electron chi connectivity index (χ3n) is 2.93. The van der Waals surface area contributed by atoms with Crippen molar-refractivity contribution in [3.05, 3.63) is 59.7 Å². The average Bonchev–Trinajstić information content (AvgIpc) is 2.42. The number of anilines is 1. The van der Waals surface area contributed by atoms with Crippen LogP contribution in [-0.4, -0.2) is 7.11 Å². The van der Waals surface area contributed by atoms with Gasteiger partial charge in [0.05, 0.1) is 13.2 Å². The Bertz CT molecular complexity index is 552. The third kappa shape index (κ3) is 2.84. The van der Waals surface area contributed by atoms with Crippen LogP contribution in [0, 0.1) is 11.6 Å². The highest BCUT2D eigenvalue weighted by Gasteiger charge is 2.15. The SMILES string of the molecule is COc1ccccc1C(C)Nc1c(F)cccc1F. The molecule has 100 valence electrons. The number of hydrogen-bond acceptors (Lipinski definition) is 2. The van der Waals surface area contributed by atoms with Gasteiger partial charge < -0.3 is 10.1 Å². The molecule has 0 saturated carbocycles. The van der Waals surface area contributed by atoms with Gasteiger partial charge in [-0.05, 0) is 25.1 Å². The second-order valence-electron chi connectivity index (χ2n) is 4.20. The molecule has 1 N–H and O–H groups in total. The van der Waals surface area contributed by atoms with Crippen LogP contribution in [0.4, 0.5) is 14.5 Å². The molecule has 1 atom stereocenters. The molecular weight excluding hydrogens is 248 g/mol. The standard InChI is InChI=1S/C15H15F2NO/c1-10(11-6-3-4-9-14(11)19-2)18-15-12(16)7-5-8-13(15)17/h3-10,18H,1-2H3. The molecule has 0 aromatic heterocycles. The van der Waals surface area contributed by atoms with Gasteiger partial charge in [-0.25, -0.2) is 8.78 Å². The van der Waals surface area contributed by atoms with Gasteiger partial charge in [0.15, 0.2) is 0 Å². The zero-order valence-electron chi connectivity index (χ0n) is 10.8. The Kier molecular flexibility index (Phi) is 4.00. The van der Waals surface area contributed by atoms with Crippen molar-refractivity contribution in [3.63, 3.8) is 0 Å². The van der Waals surface area contributed by atoms with E-state index in [9.17, 15) is 8.78 Å². The number of ether oxygens (including phenoxy) is 1. The number of halogens is 2. The number of benzene rings is 2. The molecule has 0 spiro atoms. The van der Waals surface area contributed by atoms with Crippen molar-refractivity contribution in [3.8, 4) is 5.75 Å². The van der Waals surface area contributed by atoms with Crippen LogP contribution in [0.25, 0.3) is 0 Å². The number of para-hydroxylation sites is 2. The summed E-state index contributed by atoms with van der Waals surface area (Å²) in [5.74, 6) is -0.539. The van der Waals surface area contributed by atoms with Crippen LogP contribution in [0.1, 0.15) is 18.5 Å². The van der Waals surface area contributed by atoms with Crippen LogP contribution in [0.5, 0.6) is 5.75 Å². The van der Waals surface area contributed by atoms with Gasteiger partial charge in [-0.3, -0.25) is 0 Å². The quantitative estimate of drug-likeness (QED) is 0.894. The molecule has 2 aromatic rings. The Labute approximate surface area is 111 Å². The van der Waals surface area contributed by atoms with E-state index in [-0.39, 0.29) is 11.7 Å². The fourth-order valence-corrected chi connectivity index (χ4v) is 1.95. The van der Waals surface area contributed by atoms with E-state index < -0.39 is 11.6 Å². The molecule has 19 heavy (non-hydrogen) atoms. The maximum atomic E-state index is 13.6. The van der Waals surface area contributed by atoms with Crippen molar-refractivity contribution < 1.29 is 13.5 Å². The van der Waals surface area contributed by atoms with Crippen LogP contribution in [0.2, 0.25) is 0 Å². The van der Waals surface area contributed by atoms with Gasteiger partial charge >= 0.3 is 0 Å². The topological polar surface area (TPSA) is 21.3 Å². The first-order chi connectivity index (χ1) is 9.13. The van der Waals surface area contributed by atoms with Crippen LogP contribution in [0.15, 0.2) is 42.5 Å². The summed E-state index contributed by atoms with van der Waals surface area (Å²) < 4.78 is 32.4. The monoisotopic (exact) mass is 263 g/mol. The molecule has 0 bridgehead atoms. The van der Waals surface area contributed by atoms with E-state index >= 15 is 0 Å². The lowest BCUT2D eigenvalue weighted by Gasteiger charge is -2.19. The van der Waals surface area contributed by atoms with E-state index in [1.54, 1.807) is 7.11 Å². The molecule has 2 aromatic carbocycles. The van der Waals surface area contributed by atoms with E-state index in [1.165, 1.54) is 18.2 Å². The first kappa shape index (κ1) is 13.3. The predicted molar refractivity (Wildman–Crippen MR) is 71.4 cm³/mol. The molecule has 0 aliphatic heterocycles. The van der Waals surface area contributed by atoms with E-state index in [0.29, 0.717) is 5.75 Å². The lowest BCUT2D eigenvalue weighted by atomic mass is 10.1. The minimum absolute atomic E-state index is 0.124. The van der Waals surface area contributed by atoms with Crippen molar-refractivity contribution in [1.82, 2.24) is 0 Å². The third-order valence-corrected chi connectivity index (χ3v) is 2.93. The summed E-state index contributed by atoms with van der Waals surface area (Å²) >= 11 is 0. The van der Waals surface area contributed by atoms with Crippen molar-refractivity contribution >= 4 is 5.69 Å². The van der Waals surface area contributed by atoms with E-state index in [1.807, 2.05) is 31.2 Å². The first-order valence-electron chi connectivity index (χ1n) is 5.97. The molecule has 0 amide bonds. The second-order valence-corrected chi connectivity index (χ2v) is 4.20. The van der Waals surface area contributed by atoms with Crippen molar-refractivity contribution in [2.75, 3.05) is 12.4 Å². The Balaban J connectivity index is 2.28. The summed E-state index contributed by atoms with van der Waals surface area (Å²) in [6.07, 6.45) is 0. The van der Waals surface area contributed by atoms with E-state index in [0.717, 1.165) is 5.56 Å². The summed E-state index contributed by atoms with van der Waals surface area (Å²) in [6, 6.07) is 10.9. The lowest BCUT2D eigenvalue weighted by molar-refractivity contribution is 0.408. The maximum Gasteiger partial charge on any atom is 0.149 e. The number of rotatable bonds is 4. The van der Waals surface area contributed by atoms with Crippen molar-refractivity contribution in [2.45, 2.75) is 13.0 Å². The number of nitrogens with one attached hydrogen (secondary N) is 1. The Morgan fingerprint density at radius 2 is 1.63 bits per heavy atom.